The van der Waals surface area contributed by atoms with Crippen molar-refractivity contribution in [2.75, 3.05) is 45.1 Å². The van der Waals surface area contributed by atoms with E-state index in [-0.39, 0.29) is 18.4 Å². The molecule has 28 heavy (non-hydrogen) atoms. The maximum atomic E-state index is 13.3. The second-order valence-electron chi connectivity index (χ2n) is 6.94. The van der Waals surface area contributed by atoms with Crippen LogP contribution in [0.5, 0.6) is 0 Å². The van der Waals surface area contributed by atoms with Crippen LogP contribution in [-0.4, -0.2) is 61.4 Å². The molecule has 2 aromatic carbocycles. The van der Waals surface area contributed by atoms with E-state index in [0.29, 0.717) is 5.69 Å². The Labute approximate surface area is 164 Å². The third-order valence-electron chi connectivity index (χ3n) is 4.93. The molecule has 1 fully saturated rings. The number of para-hydroxylation sites is 1. The number of amides is 2. The van der Waals surface area contributed by atoms with Crippen LogP contribution in [-0.2, 0) is 9.59 Å². The fourth-order valence-electron chi connectivity index (χ4n) is 3.26. The van der Waals surface area contributed by atoms with Crippen molar-refractivity contribution < 1.29 is 14.0 Å². The molecule has 0 spiro atoms. The zero-order valence-electron chi connectivity index (χ0n) is 15.9. The van der Waals surface area contributed by atoms with Crippen LogP contribution in [0.15, 0.2) is 54.6 Å². The highest BCUT2D eigenvalue weighted by Crippen LogP contribution is 2.22. The number of nitrogens with one attached hydrogen (secondary N) is 2. The number of likely N-dealkylation sites (N-methyl/N-ethyl adjacent to an activating group) is 1. The lowest BCUT2D eigenvalue weighted by atomic mass is 10.0. The lowest BCUT2D eigenvalue weighted by Crippen LogP contribution is -2.49. The largest absolute Gasteiger partial charge is 0.346 e. The molecule has 0 aromatic heterocycles. The highest BCUT2D eigenvalue weighted by atomic mass is 19.1. The molecule has 1 aliphatic rings. The summed E-state index contributed by atoms with van der Waals surface area (Å²) in [5, 5.41) is 5.30. The molecular formula is C21H25FN4O2. The Balaban J connectivity index is 1.64. The van der Waals surface area contributed by atoms with E-state index in [9.17, 15) is 14.0 Å². The van der Waals surface area contributed by atoms with Gasteiger partial charge in [-0.2, -0.15) is 0 Å². The van der Waals surface area contributed by atoms with Gasteiger partial charge >= 0.3 is 11.8 Å². The highest BCUT2D eigenvalue weighted by Gasteiger charge is 2.25. The Hall–Kier alpha value is -2.77. The molecule has 0 radical (unpaired) electrons. The van der Waals surface area contributed by atoms with Crippen LogP contribution in [0.1, 0.15) is 11.6 Å². The Morgan fingerprint density at radius 1 is 0.964 bits per heavy atom. The first-order valence-electron chi connectivity index (χ1n) is 9.35. The van der Waals surface area contributed by atoms with Crippen LogP contribution in [0.2, 0.25) is 0 Å². The lowest BCUT2D eigenvalue weighted by Gasteiger charge is -2.38. The van der Waals surface area contributed by atoms with Crippen molar-refractivity contribution in [2.24, 2.45) is 0 Å². The quantitative estimate of drug-likeness (QED) is 0.773. The maximum absolute atomic E-state index is 13.3. The van der Waals surface area contributed by atoms with Crippen LogP contribution in [0.4, 0.5) is 10.1 Å². The minimum absolute atomic E-state index is 0.122. The Bertz CT molecular complexity index is 790. The van der Waals surface area contributed by atoms with Gasteiger partial charge in [0.1, 0.15) is 5.82 Å². The topological polar surface area (TPSA) is 64.7 Å². The summed E-state index contributed by atoms with van der Waals surface area (Å²) in [4.78, 5) is 28.9. The van der Waals surface area contributed by atoms with Crippen molar-refractivity contribution in [3.8, 4) is 0 Å². The molecule has 148 valence electrons. The molecule has 1 aliphatic heterocycles. The summed E-state index contributed by atoms with van der Waals surface area (Å²) in [6.45, 7) is 3.78. The fraction of sp³-hybridized carbons (Fsp3) is 0.333. The second kappa shape index (κ2) is 9.43. The van der Waals surface area contributed by atoms with Gasteiger partial charge < -0.3 is 15.5 Å². The molecular weight excluding hydrogens is 359 g/mol. The molecule has 3 rings (SSSR count). The van der Waals surface area contributed by atoms with Crippen molar-refractivity contribution in [1.82, 2.24) is 15.1 Å². The highest BCUT2D eigenvalue weighted by molar-refractivity contribution is 6.39. The van der Waals surface area contributed by atoms with Gasteiger partial charge in [0.25, 0.3) is 0 Å². The van der Waals surface area contributed by atoms with Crippen LogP contribution >= 0.6 is 0 Å². The third kappa shape index (κ3) is 5.37. The number of hydrogen-bond acceptors (Lipinski definition) is 4. The van der Waals surface area contributed by atoms with Crippen molar-refractivity contribution in [3.05, 3.63) is 66.0 Å². The van der Waals surface area contributed by atoms with Crippen molar-refractivity contribution in [2.45, 2.75) is 6.04 Å². The van der Waals surface area contributed by atoms with Gasteiger partial charge in [-0.1, -0.05) is 30.3 Å². The normalized spacial score (nSPS) is 16.4. The molecule has 1 saturated heterocycles. The van der Waals surface area contributed by atoms with E-state index < -0.39 is 11.8 Å². The fourth-order valence-corrected chi connectivity index (χ4v) is 3.26. The van der Waals surface area contributed by atoms with Crippen LogP contribution in [0.3, 0.4) is 0 Å². The molecule has 1 heterocycles. The zero-order valence-corrected chi connectivity index (χ0v) is 15.9. The van der Waals surface area contributed by atoms with Crippen molar-refractivity contribution in [1.29, 1.82) is 0 Å². The molecule has 2 amide bonds. The summed E-state index contributed by atoms with van der Waals surface area (Å²) >= 11 is 0. The summed E-state index contributed by atoms with van der Waals surface area (Å²) in [5.74, 6) is -1.69. The van der Waals surface area contributed by atoms with E-state index >= 15 is 0 Å². The Morgan fingerprint density at radius 2 is 1.61 bits per heavy atom. The van der Waals surface area contributed by atoms with E-state index in [1.165, 1.54) is 12.1 Å². The van der Waals surface area contributed by atoms with Gasteiger partial charge in [-0.25, -0.2) is 4.39 Å². The molecule has 0 unspecified atom stereocenters. The van der Waals surface area contributed by atoms with E-state index in [0.717, 1.165) is 31.7 Å². The van der Waals surface area contributed by atoms with Gasteiger partial charge in [0.15, 0.2) is 0 Å². The number of piperazine rings is 1. The maximum Gasteiger partial charge on any atom is 0.313 e. The summed E-state index contributed by atoms with van der Waals surface area (Å²) < 4.78 is 13.3. The monoisotopic (exact) mass is 384 g/mol. The number of carbonyl (C=O) groups is 2. The number of anilines is 1. The van der Waals surface area contributed by atoms with Gasteiger partial charge in [0.05, 0.1) is 6.04 Å². The molecule has 0 bridgehead atoms. The van der Waals surface area contributed by atoms with Crippen molar-refractivity contribution >= 4 is 17.5 Å². The number of carbonyl (C=O) groups excluding carboxylic acids is 2. The first-order valence-corrected chi connectivity index (χ1v) is 9.35. The zero-order chi connectivity index (χ0) is 19.9. The third-order valence-corrected chi connectivity index (χ3v) is 4.93. The number of halogens is 1. The average molecular weight is 384 g/mol. The molecule has 0 saturated carbocycles. The van der Waals surface area contributed by atoms with Gasteiger partial charge in [0, 0.05) is 38.4 Å². The van der Waals surface area contributed by atoms with E-state index in [2.05, 4.69) is 27.5 Å². The summed E-state index contributed by atoms with van der Waals surface area (Å²) in [6, 6.07) is 15.0. The summed E-state index contributed by atoms with van der Waals surface area (Å²) in [6.07, 6.45) is 0. The van der Waals surface area contributed by atoms with E-state index in [1.807, 2.05) is 6.07 Å². The summed E-state index contributed by atoms with van der Waals surface area (Å²) in [7, 11) is 2.07. The molecule has 0 aliphatic carbocycles. The number of nitrogens with zero attached hydrogens (tertiary/aromatic N) is 2. The Kier molecular flexibility index (Phi) is 6.73. The number of benzene rings is 2. The van der Waals surface area contributed by atoms with E-state index in [4.69, 9.17) is 0 Å². The molecule has 2 aromatic rings. The molecule has 7 heteroatoms. The number of rotatable bonds is 5. The van der Waals surface area contributed by atoms with Gasteiger partial charge in [-0.05, 0) is 36.9 Å². The first-order chi connectivity index (χ1) is 13.5. The van der Waals surface area contributed by atoms with Crippen LogP contribution in [0, 0.1) is 5.82 Å². The standard InChI is InChI=1S/C21H25FN4O2/c1-25-11-13-26(14-12-25)19(16-7-9-17(22)10-8-16)15-23-20(27)21(28)24-18-5-3-2-4-6-18/h2-10,19H,11-15H2,1H3,(H,23,27)(H,24,28)/t19-/m1/s1. The minimum Gasteiger partial charge on any atom is -0.346 e. The molecule has 1 atom stereocenters. The van der Waals surface area contributed by atoms with Crippen LogP contribution < -0.4 is 10.6 Å². The average Bonchev–Trinajstić information content (AvgIpc) is 2.71. The van der Waals surface area contributed by atoms with Crippen LogP contribution in [0.25, 0.3) is 0 Å². The lowest BCUT2D eigenvalue weighted by molar-refractivity contribution is -0.136. The minimum atomic E-state index is -0.706. The molecule has 6 nitrogen and oxygen atoms in total. The SMILES string of the molecule is CN1CCN([C@H](CNC(=O)C(=O)Nc2ccccc2)c2ccc(F)cc2)CC1. The first kappa shape index (κ1) is 20.0. The van der Waals surface area contributed by atoms with Crippen molar-refractivity contribution in [3.63, 3.8) is 0 Å². The van der Waals surface area contributed by atoms with E-state index in [1.54, 1.807) is 36.4 Å². The predicted octanol–water partition coefficient (Wildman–Crippen LogP) is 1.87. The van der Waals surface area contributed by atoms with Gasteiger partial charge in [0.2, 0.25) is 0 Å². The Morgan fingerprint density at radius 3 is 2.25 bits per heavy atom. The smallest absolute Gasteiger partial charge is 0.313 e. The summed E-state index contributed by atoms with van der Waals surface area (Å²) in [5.41, 5.74) is 1.48. The molecule has 2 N–H and O–H groups in total. The van der Waals surface area contributed by atoms with Gasteiger partial charge in [-0.15, -0.1) is 0 Å². The van der Waals surface area contributed by atoms with Gasteiger partial charge in [-0.3, -0.25) is 14.5 Å². The second-order valence-corrected chi connectivity index (χ2v) is 6.94. The predicted molar refractivity (Wildman–Crippen MR) is 106 cm³/mol. The number of hydrogen-bond donors (Lipinski definition) is 2.